The highest BCUT2D eigenvalue weighted by atomic mass is 16.3. The van der Waals surface area contributed by atoms with Crippen LogP contribution in [0.1, 0.15) is 44.1 Å². The summed E-state index contributed by atoms with van der Waals surface area (Å²) in [6, 6.07) is 10.3. The van der Waals surface area contributed by atoms with Gasteiger partial charge in [-0.05, 0) is 31.2 Å². The molecule has 2 nitrogen and oxygen atoms in total. The first-order chi connectivity index (χ1) is 8.21. The van der Waals surface area contributed by atoms with Crippen LogP contribution in [0.3, 0.4) is 0 Å². The van der Waals surface area contributed by atoms with E-state index in [0.29, 0.717) is 0 Å². The van der Waals surface area contributed by atoms with Crippen LogP contribution < -0.4 is 5.73 Å². The van der Waals surface area contributed by atoms with Crippen molar-refractivity contribution in [1.82, 2.24) is 0 Å². The molecule has 0 saturated heterocycles. The minimum Gasteiger partial charge on any atom is -0.388 e. The molecule has 3 N–H and O–H groups in total. The van der Waals surface area contributed by atoms with Crippen molar-refractivity contribution in [2.45, 2.75) is 56.6 Å². The van der Waals surface area contributed by atoms with E-state index >= 15 is 0 Å². The second-order valence-electron chi connectivity index (χ2n) is 5.30. The minimum atomic E-state index is -0.604. The molecule has 2 heteroatoms. The summed E-state index contributed by atoms with van der Waals surface area (Å²) in [5.74, 6) is 0. The molecule has 1 aliphatic carbocycles. The quantitative estimate of drug-likeness (QED) is 0.839. The fourth-order valence-electron chi connectivity index (χ4n) is 2.77. The van der Waals surface area contributed by atoms with E-state index in [9.17, 15) is 5.11 Å². The number of aryl methyl sites for hydroxylation is 1. The predicted octanol–water partition coefficient (Wildman–Crippen LogP) is 2.64. The number of rotatable bonds is 4. The minimum absolute atomic E-state index is 0.0805. The zero-order chi connectivity index (χ0) is 12.1. The summed E-state index contributed by atoms with van der Waals surface area (Å²) >= 11 is 0. The van der Waals surface area contributed by atoms with Crippen LogP contribution in [0.4, 0.5) is 0 Å². The molecule has 1 fully saturated rings. The average molecular weight is 233 g/mol. The summed E-state index contributed by atoms with van der Waals surface area (Å²) in [4.78, 5) is 0. The molecule has 1 aliphatic rings. The molecular weight excluding hydrogens is 210 g/mol. The van der Waals surface area contributed by atoms with Gasteiger partial charge in [0.25, 0.3) is 0 Å². The fourth-order valence-corrected chi connectivity index (χ4v) is 2.77. The molecule has 0 spiro atoms. The molecule has 0 heterocycles. The molecule has 2 rings (SSSR count). The molecule has 0 amide bonds. The Kier molecular flexibility index (Phi) is 4.19. The van der Waals surface area contributed by atoms with Crippen LogP contribution in [0, 0.1) is 0 Å². The normalized spacial score (nSPS) is 21.1. The maximum Gasteiger partial charge on any atom is 0.0798 e. The monoisotopic (exact) mass is 233 g/mol. The fraction of sp³-hybridized carbons (Fsp3) is 0.600. The molecule has 1 unspecified atom stereocenters. The Bertz CT molecular complexity index is 330. The van der Waals surface area contributed by atoms with Crippen molar-refractivity contribution in [3.05, 3.63) is 35.9 Å². The largest absolute Gasteiger partial charge is 0.388 e. The molecule has 0 aromatic heterocycles. The standard InChI is InChI=1S/C15H23NO/c16-14(15(17)11-5-2-6-12-15)10-9-13-7-3-1-4-8-13/h1,3-4,7-8,14,17H,2,5-6,9-12,16H2. The topological polar surface area (TPSA) is 46.2 Å². The molecule has 1 saturated carbocycles. The third-order valence-electron chi connectivity index (χ3n) is 4.00. The van der Waals surface area contributed by atoms with E-state index in [1.54, 1.807) is 0 Å². The first-order valence-electron chi connectivity index (χ1n) is 6.73. The van der Waals surface area contributed by atoms with Gasteiger partial charge in [0.2, 0.25) is 0 Å². The number of hydrogen-bond acceptors (Lipinski definition) is 2. The van der Waals surface area contributed by atoms with Crippen LogP contribution in [-0.4, -0.2) is 16.7 Å². The summed E-state index contributed by atoms with van der Waals surface area (Å²) < 4.78 is 0. The maximum absolute atomic E-state index is 10.5. The van der Waals surface area contributed by atoms with Gasteiger partial charge in [-0.3, -0.25) is 0 Å². The molecule has 17 heavy (non-hydrogen) atoms. The van der Waals surface area contributed by atoms with Crippen molar-refractivity contribution < 1.29 is 5.11 Å². The van der Waals surface area contributed by atoms with Crippen LogP contribution in [0.5, 0.6) is 0 Å². The Balaban J connectivity index is 1.86. The Morgan fingerprint density at radius 1 is 1.12 bits per heavy atom. The van der Waals surface area contributed by atoms with Crippen molar-refractivity contribution in [3.63, 3.8) is 0 Å². The lowest BCUT2D eigenvalue weighted by Gasteiger charge is -2.37. The third kappa shape index (κ3) is 3.30. The van der Waals surface area contributed by atoms with Gasteiger partial charge in [-0.2, -0.15) is 0 Å². The molecule has 0 bridgehead atoms. The molecular formula is C15H23NO. The number of aliphatic hydroxyl groups is 1. The van der Waals surface area contributed by atoms with Crippen molar-refractivity contribution in [1.29, 1.82) is 0 Å². The Morgan fingerprint density at radius 3 is 2.41 bits per heavy atom. The number of hydrogen-bond donors (Lipinski definition) is 2. The summed E-state index contributed by atoms with van der Waals surface area (Å²) in [7, 11) is 0. The van der Waals surface area contributed by atoms with Gasteiger partial charge in [0.1, 0.15) is 0 Å². The van der Waals surface area contributed by atoms with Gasteiger partial charge < -0.3 is 10.8 Å². The zero-order valence-corrected chi connectivity index (χ0v) is 10.4. The average Bonchev–Trinajstić information content (AvgIpc) is 2.38. The van der Waals surface area contributed by atoms with Gasteiger partial charge >= 0.3 is 0 Å². The van der Waals surface area contributed by atoms with Crippen molar-refractivity contribution in [2.24, 2.45) is 5.73 Å². The SMILES string of the molecule is NC(CCc1ccccc1)C1(O)CCCCC1. The smallest absolute Gasteiger partial charge is 0.0798 e. The maximum atomic E-state index is 10.5. The van der Waals surface area contributed by atoms with Gasteiger partial charge in [0.05, 0.1) is 5.60 Å². The van der Waals surface area contributed by atoms with Gasteiger partial charge in [-0.1, -0.05) is 49.6 Å². The van der Waals surface area contributed by atoms with Crippen molar-refractivity contribution >= 4 is 0 Å². The highest BCUT2D eigenvalue weighted by Crippen LogP contribution is 2.31. The van der Waals surface area contributed by atoms with E-state index in [2.05, 4.69) is 24.3 Å². The molecule has 94 valence electrons. The van der Waals surface area contributed by atoms with E-state index in [-0.39, 0.29) is 6.04 Å². The van der Waals surface area contributed by atoms with Crippen LogP contribution >= 0.6 is 0 Å². The first kappa shape index (κ1) is 12.6. The molecule has 0 aliphatic heterocycles. The second-order valence-corrected chi connectivity index (χ2v) is 5.30. The Labute approximate surface area is 104 Å². The van der Waals surface area contributed by atoms with Gasteiger partial charge in [-0.15, -0.1) is 0 Å². The first-order valence-corrected chi connectivity index (χ1v) is 6.73. The Morgan fingerprint density at radius 2 is 1.76 bits per heavy atom. The van der Waals surface area contributed by atoms with Crippen LogP contribution in [0.25, 0.3) is 0 Å². The van der Waals surface area contributed by atoms with Crippen molar-refractivity contribution in [2.75, 3.05) is 0 Å². The summed E-state index contributed by atoms with van der Waals surface area (Å²) in [6.45, 7) is 0. The van der Waals surface area contributed by atoms with E-state index in [1.165, 1.54) is 12.0 Å². The van der Waals surface area contributed by atoms with Gasteiger partial charge in [-0.25, -0.2) is 0 Å². The predicted molar refractivity (Wildman–Crippen MR) is 70.8 cm³/mol. The molecule has 1 atom stereocenters. The lowest BCUT2D eigenvalue weighted by Crippen LogP contribution is -2.49. The third-order valence-corrected chi connectivity index (χ3v) is 4.00. The van der Waals surface area contributed by atoms with Crippen LogP contribution in [-0.2, 0) is 6.42 Å². The van der Waals surface area contributed by atoms with Crippen LogP contribution in [0.15, 0.2) is 30.3 Å². The summed E-state index contributed by atoms with van der Waals surface area (Å²) in [5, 5.41) is 10.5. The zero-order valence-electron chi connectivity index (χ0n) is 10.4. The lowest BCUT2D eigenvalue weighted by molar-refractivity contribution is -0.0213. The number of benzene rings is 1. The van der Waals surface area contributed by atoms with Gasteiger partial charge in [0.15, 0.2) is 0 Å². The van der Waals surface area contributed by atoms with Crippen molar-refractivity contribution in [3.8, 4) is 0 Å². The van der Waals surface area contributed by atoms with E-state index in [0.717, 1.165) is 38.5 Å². The highest BCUT2D eigenvalue weighted by molar-refractivity contribution is 5.15. The van der Waals surface area contributed by atoms with E-state index in [4.69, 9.17) is 5.73 Å². The second kappa shape index (κ2) is 5.65. The van der Waals surface area contributed by atoms with E-state index < -0.39 is 5.60 Å². The summed E-state index contributed by atoms with van der Waals surface area (Å²) in [5.41, 5.74) is 6.88. The number of nitrogens with two attached hydrogens (primary N) is 1. The highest BCUT2D eigenvalue weighted by Gasteiger charge is 2.34. The summed E-state index contributed by atoms with van der Waals surface area (Å²) in [6.07, 6.45) is 7.08. The lowest BCUT2D eigenvalue weighted by atomic mass is 9.78. The molecule has 0 radical (unpaired) electrons. The van der Waals surface area contributed by atoms with Crippen LogP contribution in [0.2, 0.25) is 0 Å². The molecule has 1 aromatic carbocycles. The van der Waals surface area contributed by atoms with Gasteiger partial charge in [0, 0.05) is 6.04 Å². The Hall–Kier alpha value is -0.860. The van der Waals surface area contributed by atoms with E-state index in [1.807, 2.05) is 6.07 Å². The molecule has 1 aromatic rings.